The van der Waals surface area contributed by atoms with Crippen molar-refractivity contribution >= 4 is 40.2 Å². The first-order valence-corrected chi connectivity index (χ1v) is 12.3. The van der Waals surface area contributed by atoms with Crippen LogP contribution in [0.1, 0.15) is 31.2 Å². The van der Waals surface area contributed by atoms with Crippen molar-refractivity contribution in [2.45, 2.75) is 13.3 Å². The third-order valence-corrected chi connectivity index (χ3v) is 7.54. The molecule has 2 N–H and O–H groups in total. The van der Waals surface area contributed by atoms with Crippen LogP contribution in [0.5, 0.6) is 0 Å². The minimum absolute atomic E-state index is 0.0342. The SMILES string of the molecule is CNc1ccc(C(=O)N2CCc3c(sc(C(=O)Nc4c(C)cccc4F)c3F)-c3ccccc32)cc1. The lowest BCUT2D eigenvalue weighted by atomic mass is 10.1. The predicted molar refractivity (Wildman–Crippen MR) is 140 cm³/mol. The van der Waals surface area contributed by atoms with E-state index in [-0.39, 0.29) is 29.4 Å². The molecule has 1 aromatic heterocycles. The molecule has 0 radical (unpaired) electrons. The Labute approximate surface area is 211 Å². The summed E-state index contributed by atoms with van der Waals surface area (Å²) in [5.74, 6) is -2.10. The Hall–Kier alpha value is -4.04. The molecule has 1 aliphatic rings. The molecule has 0 bridgehead atoms. The highest BCUT2D eigenvalue weighted by molar-refractivity contribution is 7.17. The molecule has 2 amide bonds. The number of hydrogen-bond donors (Lipinski definition) is 2. The van der Waals surface area contributed by atoms with Crippen LogP contribution in [0.4, 0.5) is 25.8 Å². The number of carbonyl (C=O) groups excluding carboxylic acids is 2. The lowest BCUT2D eigenvalue weighted by Crippen LogP contribution is -2.32. The highest BCUT2D eigenvalue weighted by atomic mass is 32.1. The monoisotopic (exact) mass is 503 g/mol. The second-order valence-corrected chi connectivity index (χ2v) is 9.51. The minimum Gasteiger partial charge on any atom is -0.388 e. The molecule has 5 rings (SSSR count). The number of amides is 2. The summed E-state index contributed by atoms with van der Waals surface area (Å²) in [4.78, 5) is 28.6. The lowest BCUT2D eigenvalue weighted by Gasteiger charge is -2.23. The number of fused-ring (bicyclic) bond motifs is 3. The van der Waals surface area contributed by atoms with Crippen LogP contribution in [-0.4, -0.2) is 25.4 Å². The van der Waals surface area contributed by atoms with Gasteiger partial charge in [-0.2, -0.15) is 0 Å². The van der Waals surface area contributed by atoms with Gasteiger partial charge in [-0.1, -0.05) is 30.3 Å². The van der Waals surface area contributed by atoms with Gasteiger partial charge in [-0.25, -0.2) is 8.78 Å². The number of rotatable bonds is 4. The van der Waals surface area contributed by atoms with E-state index in [0.29, 0.717) is 32.8 Å². The molecule has 0 aliphatic carbocycles. The molecule has 1 aliphatic heterocycles. The third kappa shape index (κ3) is 4.13. The number of hydrogen-bond acceptors (Lipinski definition) is 4. The number of halogens is 2. The van der Waals surface area contributed by atoms with Gasteiger partial charge in [0.05, 0.1) is 11.4 Å². The highest BCUT2D eigenvalue weighted by Crippen LogP contribution is 2.43. The van der Waals surface area contributed by atoms with Crippen LogP contribution in [0.2, 0.25) is 0 Å². The van der Waals surface area contributed by atoms with Crippen LogP contribution in [-0.2, 0) is 6.42 Å². The van der Waals surface area contributed by atoms with E-state index < -0.39 is 17.5 Å². The standard InChI is InChI=1S/C28H23F2N3O2S/c1-16-6-5-8-21(29)24(16)32-27(34)26-23(30)20-14-15-33(22-9-4-3-7-19(22)25(20)36-26)28(35)17-10-12-18(31-2)13-11-17/h3-13,31H,14-15H2,1-2H3,(H,32,34). The largest absolute Gasteiger partial charge is 0.388 e. The van der Waals surface area contributed by atoms with E-state index in [2.05, 4.69) is 10.6 Å². The average molecular weight is 504 g/mol. The molecule has 182 valence electrons. The zero-order valence-corrected chi connectivity index (χ0v) is 20.5. The van der Waals surface area contributed by atoms with E-state index >= 15 is 4.39 Å². The number of nitrogens with one attached hydrogen (secondary N) is 2. The molecule has 2 heterocycles. The fourth-order valence-electron chi connectivity index (χ4n) is 4.38. The van der Waals surface area contributed by atoms with Gasteiger partial charge in [0.25, 0.3) is 11.8 Å². The van der Waals surface area contributed by atoms with Crippen molar-refractivity contribution in [1.29, 1.82) is 0 Å². The Bertz CT molecular complexity index is 1460. The molecule has 36 heavy (non-hydrogen) atoms. The van der Waals surface area contributed by atoms with Crippen molar-refractivity contribution in [2.24, 2.45) is 0 Å². The maximum absolute atomic E-state index is 15.6. The quantitative estimate of drug-likeness (QED) is 0.334. The summed E-state index contributed by atoms with van der Waals surface area (Å²) in [6.45, 7) is 1.92. The van der Waals surface area contributed by atoms with Gasteiger partial charge >= 0.3 is 0 Å². The van der Waals surface area contributed by atoms with E-state index in [0.717, 1.165) is 17.0 Å². The summed E-state index contributed by atoms with van der Waals surface area (Å²) in [5, 5.41) is 5.56. The molecular formula is C28H23F2N3O2S. The van der Waals surface area contributed by atoms with Crippen LogP contribution in [0.15, 0.2) is 66.7 Å². The first-order valence-electron chi connectivity index (χ1n) is 11.5. The van der Waals surface area contributed by atoms with Crippen molar-refractivity contribution in [1.82, 2.24) is 0 Å². The van der Waals surface area contributed by atoms with Crippen LogP contribution in [0.3, 0.4) is 0 Å². The van der Waals surface area contributed by atoms with Crippen molar-refractivity contribution in [2.75, 3.05) is 29.1 Å². The van der Waals surface area contributed by atoms with Crippen molar-refractivity contribution in [3.05, 3.63) is 99.9 Å². The normalized spacial score (nSPS) is 12.4. The number of nitrogens with zero attached hydrogens (tertiary/aromatic N) is 1. The molecule has 0 saturated heterocycles. The number of carbonyl (C=O) groups is 2. The van der Waals surface area contributed by atoms with Crippen molar-refractivity contribution < 1.29 is 18.4 Å². The summed E-state index contributed by atoms with van der Waals surface area (Å²) < 4.78 is 29.9. The first-order chi connectivity index (χ1) is 17.4. The zero-order valence-electron chi connectivity index (χ0n) is 19.7. The molecule has 8 heteroatoms. The summed E-state index contributed by atoms with van der Waals surface area (Å²) in [5.41, 5.74) is 3.70. The third-order valence-electron chi connectivity index (χ3n) is 6.30. The highest BCUT2D eigenvalue weighted by Gasteiger charge is 2.31. The van der Waals surface area contributed by atoms with Gasteiger partial charge in [-0.3, -0.25) is 9.59 Å². The van der Waals surface area contributed by atoms with E-state index in [9.17, 15) is 14.0 Å². The Kier molecular flexibility index (Phi) is 6.28. The van der Waals surface area contributed by atoms with E-state index in [1.165, 1.54) is 6.07 Å². The predicted octanol–water partition coefficient (Wildman–Crippen LogP) is 6.50. The molecule has 3 aromatic carbocycles. The molecule has 5 nitrogen and oxygen atoms in total. The molecule has 0 saturated carbocycles. The van der Waals surface area contributed by atoms with E-state index in [4.69, 9.17) is 0 Å². The smallest absolute Gasteiger partial charge is 0.268 e. The van der Waals surface area contributed by atoms with Gasteiger partial charge in [-0.05, 0) is 55.3 Å². The second-order valence-electron chi connectivity index (χ2n) is 8.49. The van der Waals surface area contributed by atoms with Gasteiger partial charge in [0.15, 0.2) is 5.82 Å². The zero-order chi connectivity index (χ0) is 25.4. The second kappa shape index (κ2) is 9.54. The average Bonchev–Trinajstić information content (AvgIpc) is 3.12. The number of benzene rings is 3. The van der Waals surface area contributed by atoms with Crippen molar-refractivity contribution in [3.63, 3.8) is 0 Å². The van der Waals surface area contributed by atoms with Crippen molar-refractivity contribution in [3.8, 4) is 10.4 Å². The summed E-state index contributed by atoms with van der Waals surface area (Å²) >= 11 is 1.02. The summed E-state index contributed by atoms with van der Waals surface area (Å²) in [6.07, 6.45) is 0.235. The fraction of sp³-hybridized carbons (Fsp3) is 0.143. The van der Waals surface area contributed by atoms with Crippen LogP contribution in [0, 0.1) is 18.6 Å². The van der Waals surface area contributed by atoms with Crippen LogP contribution < -0.4 is 15.5 Å². The molecule has 0 unspecified atom stereocenters. The maximum atomic E-state index is 15.6. The Morgan fingerprint density at radius 2 is 1.72 bits per heavy atom. The van der Waals surface area contributed by atoms with Gasteiger partial charge in [-0.15, -0.1) is 11.3 Å². The number of anilines is 3. The van der Waals surface area contributed by atoms with Gasteiger partial charge in [0.1, 0.15) is 10.7 Å². The minimum atomic E-state index is -0.700. The summed E-state index contributed by atoms with van der Waals surface area (Å²) in [7, 11) is 1.81. The number of thiophene rings is 1. The summed E-state index contributed by atoms with van der Waals surface area (Å²) in [6, 6.07) is 18.9. The fourth-order valence-corrected chi connectivity index (χ4v) is 5.54. The Balaban J connectivity index is 1.51. The topological polar surface area (TPSA) is 61.4 Å². The van der Waals surface area contributed by atoms with Gasteiger partial charge in [0, 0.05) is 40.8 Å². The molecule has 0 fully saturated rings. The Morgan fingerprint density at radius 3 is 2.44 bits per heavy atom. The Morgan fingerprint density at radius 1 is 0.972 bits per heavy atom. The molecule has 0 atom stereocenters. The van der Waals surface area contributed by atoms with E-state index in [1.807, 2.05) is 36.4 Å². The van der Waals surface area contributed by atoms with Gasteiger partial charge in [0.2, 0.25) is 0 Å². The molecular weight excluding hydrogens is 480 g/mol. The lowest BCUT2D eigenvalue weighted by molar-refractivity contribution is 0.0985. The maximum Gasteiger partial charge on any atom is 0.268 e. The van der Waals surface area contributed by atoms with Gasteiger partial charge < -0.3 is 15.5 Å². The van der Waals surface area contributed by atoms with Crippen LogP contribution in [0.25, 0.3) is 10.4 Å². The first kappa shape index (κ1) is 23.7. The molecule has 0 spiro atoms. The number of aryl methyl sites for hydroxylation is 1. The number of para-hydroxylation sites is 2. The van der Waals surface area contributed by atoms with Crippen LogP contribution >= 0.6 is 11.3 Å². The van der Waals surface area contributed by atoms with E-state index in [1.54, 1.807) is 43.1 Å². The molecule has 4 aromatic rings.